The molecule has 0 saturated carbocycles. The van der Waals surface area contributed by atoms with E-state index in [1.165, 1.54) is 0 Å². The van der Waals surface area contributed by atoms with E-state index in [9.17, 15) is 0 Å². The molecule has 0 N–H and O–H groups in total. The van der Waals surface area contributed by atoms with Crippen LogP contribution in [0.3, 0.4) is 0 Å². The van der Waals surface area contributed by atoms with Crippen molar-refractivity contribution in [1.82, 2.24) is 14.8 Å². The highest BCUT2D eigenvalue weighted by Gasteiger charge is 2.11. The van der Waals surface area contributed by atoms with Crippen molar-refractivity contribution in [2.24, 2.45) is 0 Å². The summed E-state index contributed by atoms with van der Waals surface area (Å²) in [6, 6.07) is 5.65. The zero-order chi connectivity index (χ0) is 11.0. The van der Waals surface area contributed by atoms with Gasteiger partial charge in [-0.1, -0.05) is 17.7 Å². The minimum atomic E-state index is 0.345. The van der Waals surface area contributed by atoms with Gasteiger partial charge in [-0.25, -0.2) is 0 Å². The van der Waals surface area contributed by atoms with Crippen LogP contribution in [-0.4, -0.2) is 14.8 Å². The van der Waals surface area contributed by atoms with Gasteiger partial charge in [0, 0.05) is 5.02 Å². The SMILES string of the molecule is Cc1c(Cl)cccc1-n1c(C)nnc1Cl. The predicted octanol–water partition coefficient (Wildman–Crippen LogP) is 3.19. The minimum absolute atomic E-state index is 0.345. The summed E-state index contributed by atoms with van der Waals surface area (Å²) in [5, 5.41) is 8.75. The van der Waals surface area contributed by atoms with Gasteiger partial charge in [0.2, 0.25) is 5.28 Å². The largest absolute Gasteiger partial charge is 0.270 e. The van der Waals surface area contributed by atoms with Crippen LogP contribution in [0.5, 0.6) is 0 Å². The summed E-state index contributed by atoms with van der Waals surface area (Å²) in [5.74, 6) is 0.741. The average molecular weight is 242 g/mol. The highest BCUT2D eigenvalue weighted by Crippen LogP contribution is 2.25. The second-order valence-electron chi connectivity index (χ2n) is 3.24. The van der Waals surface area contributed by atoms with E-state index in [1.807, 2.05) is 32.0 Å². The van der Waals surface area contributed by atoms with E-state index in [0.29, 0.717) is 10.3 Å². The molecule has 15 heavy (non-hydrogen) atoms. The molecule has 0 atom stereocenters. The van der Waals surface area contributed by atoms with Gasteiger partial charge in [-0.2, -0.15) is 0 Å². The third-order valence-corrected chi connectivity index (χ3v) is 2.92. The lowest BCUT2D eigenvalue weighted by Crippen LogP contribution is -2.00. The van der Waals surface area contributed by atoms with Crippen molar-refractivity contribution in [3.05, 3.63) is 39.9 Å². The van der Waals surface area contributed by atoms with Crippen LogP contribution in [0.2, 0.25) is 10.3 Å². The third-order valence-electron chi connectivity index (χ3n) is 2.27. The number of benzene rings is 1. The normalized spacial score (nSPS) is 10.7. The zero-order valence-electron chi connectivity index (χ0n) is 8.33. The fraction of sp³-hybridized carbons (Fsp3) is 0.200. The lowest BCUT2D eigenvalue weighted by molar-refractivity contribution is 0.961. The number of halogens is 2. The molecule has 0 fully saturated rings. The number of rotatable bonds is 1. The van der Waals surface area contributed by atoms with Crippen molar-refractivity contribution in [2.45, 2.75) is 13.8 Å². The van der Waals surface area contributed by atoms with Crippen LogP contribution < -0.4 is 0 Å². The van der Waals surface area contributed by atoms with Gasteiger partial charge in [0.25, 0.3) is 0 Å². The number of aromatic nitrogens is 3. The standard InChI is InChI=1S/C10H9Cl2N3/c1-6-8(11)4-3-5-9(6)15-7(2)13-14-10(15)12/h3-5H,1-2H3. The Morgan fingerprint density at radius 3 is 2.47 bits per heavy atom. The Balaban J connectivity index is 2.69. The summed E-state index contributed by atoms with van der Waals surface area (Å²) in [5.41, 5.74) is 1.87. The van der Waals surface area contributed by atoms with E-state index in [2.05, 4.69) is 10.2 Å². The Morgan fingerprint density at radius 1 is 1.13 bits per heavy atom. The first-order chi connectivity index (χ1) is 7.11. The molecule has 3 nitrogen and oxygen atoms in total. The third kappa shape index (κ3) is 1.73. The Bertz CT molecular complexity index is 486. The maximum Gasteiger partial charge on any atom is 0.229 e. The maximum absolute atomic E-state index is 6.04. The number of hydrogen-bond donors (Lipinski definition) is 0. The maximum atomic E-state index is 6.04. The van der Waals surface area contributed by atoms with Gasteiger partial charge in [0.05, 0.1) is 5.69 Å². The fourth-order valence-corrected chi connectivity index (χ4v) is 1.87. The molecule has 0 aliphatic rings. The van der Waals surface area contributed by atoms with Gasteiger partial charge >= 0.3 is 0 Å². The van der Waals surface area contributed by atoms with Crippen LogP contribution >= 0.6 is 23.2 Å². The Hall–Kier alpha value is -1.06. The molecule has 0 aliphatic heterocycles. The molecule has 1 aromatic heterocycles. The second kappa shape index (κ2) is 3.83. The first-order valence-corrected chi connectivity index (χ1v) is 5.20. The molecule has 0 saturated heterocycles. The second-order valence-corrected chi connectivity index (χ2v) is 3.98. The van der Waals surface area contributed by atoms with Crippen molar-refractivity contribution in [3.63, 3.8) is 0 Å². The topological polar surface area (TPSA) is 30.7 Å². The van der Waals surface area contributed by atoms with Crippen LogP contribution in [0.4, 0.5) is 0 Å². The van der Waals surface area contributed by atoms with Crippen molar-refractivity contribution in [3.8, 4) is 5.69 Å². The Kier molecular flexibility index (Phi) is 2.67. The van der Waals surface area contributed by atoms with Crippen molar-refractivity contribution >= 4 is 23.2 Å². The summed E-state index contributed by atoms with van der Waals surface area (Å²) in [6.07, 6.45) is 0. The molecule has 0 spiro atoms. The van der Waals surface area contributed by atoms with Crippen LogP contribution in [0.15, 0.2) is 18.2 Å². The number of aryl methyl sites for hydroxylation is 1. The average Bonchev–Trinajstić information content (AvgIpc) is 2.52. The van der Waals surface area contributed by atoms with Crippen molar-refractivity contribution in [2.75, 3.05) is 0 Å². The van der Waals surface area contributed by atoms with Gasteiger partial charge in [-0.3, -0.25) is 4.57 Å². The molecule has 1 aromatic carbocycles. The molecule has 5 heteroatoms. The molecule has 2 aromatic rings. The van der Waals surface area contributed by atoms with E-state index in [1.54, 1.807) is 4.57 Å². The Morgan fingerprint density at radius 2 is 1.87 bits per heavy atom. The van der Waals surface area contributed by atoms with Gasteiger partial charge in [-0.05, 0) is 43.1 Å². The highest BCUT2D eigenvalue weighted by atomic mass is 35.5. The molecule has 1 heterocycles. The van der Waals surface area contributed by atoms with Gasteiger partial charge in [-0.15, -0.1) is 10.2 Å². The highest BCUT2D eigenvalue weighted by molar-refractivity contribution is 6.31. The van der Waals surface area contributed by atoms with Crippen LogP contribution in [0, 0.1) is 13.8 Å². The minimum Gasteiger partial charge on any atom is -0.270 e. The molecule has 0 amide bonds. The van der Waals surface area contributed by atoms with Gasteiger partial charge in [0.1, 0.15) is 5.82 Å². The quantitative estimate of drug-likeness (QED) is 0.768. The first-order valence-electron chi connectivity index (χ1n) is 4.44. The van der Waals surface area contributed by atoms with Crippen LogP contribution in [-0.2, 0) is 0 Å². The molecule has 2 rings (SSSR count). The fourth-order valence-electron chi connectivity index (χ4n) is 1.45. The van der Waals surface area contributed by atoms with E-state index in [4.69, 9.17) is 23.2 Å². The number of nitrogens with zero attached hydrogens (tertiary/aromatic N) is 3. The molecule has 0 radical (unpaired) electrons. The summed E-state index contributed by atoms with van der Waals surface area (Å²) in [7, 11) is 0. The van der Waals surface area contributed by atoms with Gasteiger partial charge in [0.15, 0.2) is 0 Å². The molecular weight excluding hydrogens is 233 g/mol. The van der Waals surface area contributed by atoms with Gasteiger partial charge < -0.3 is 0 Å². The molecule has 0 bridgehead atoms. The predicted molar refractivity (Wildman–Crippen MR) is 60.9 cm³/mol. The Labute approximate surface area is 97.7 Å². The monoisotopic (exact) mass is 241 g/mol. The van der Waals surface area contributed by atoms with Crippen molar-refractivity contribution < 1.29 is 0 Å². The summed E-state index contributed by atoms with van der Waals surface area (Å²) in [4.78, 5) is 0. The lowest BCUT2D eigenvalue weighted by Gasteiger charge is -2.09. The summed E-state index contributed by atoms with van der Waals surface area (Å²) < 4.78 is 1.77. The van der Waals surface area contributed by atoms with Crippen LogP contribution in [0.1, 0.15) is 11.4 Å². The molecular formula is C10H9Cl2N3. The summed E-state index contributed by atoms with van der Waals surface area (Å²) >= 11 is 12.0. The zero-order valence-corrected chi connectivity index (χ0v) is 9.84. The molecule has 78 valence electrons. The summed E-state index contributed by atoms with van der Waals surface area (Å²) in [6.45, 7) is 3.78. The van der Waals surface area contributed by atoms with Crippen molar-refractivity contribution in [1.29, 1.82) is 0 Å². The van der Waals surface area contributed by atoms with E-state index in [-0.39, 0.29) is 0 Å². The van der Waals surface area contributed by atoms with Crippen LogP contribution in [0.25, 0.3) is 5.69 Å². The molecule has 0 aliphatic carbocycles. The lowest BCUT2D eigenvalue weighted by atomic mass is 10.2. The molecule has 0 unspecified atom stereocenters. The van der Waals surface area contributed by atoms with E-state index < -0.39 is 0 Å². The number of hydrogen-bond acceptors (Lipinski definition) is 2. The van der Waals surface area contributed by atoms with E-state index >= 15 is 0 Å². The smallest absolute Gasteiger partial charge is 0.229 e. The van der Waals surface area contributed by atoms with E-state index in [0.717, 1.165) is 17.1 Å². The first kappa shape index (κ1) is 10.5.